The summed E-state index contributed by atoms with van der Waals surface area (Å²) in [6.45, 7) is 8.05. The minimum atomic E-state index is 0.0419. The molecule has 0 aromatic carbocycles. The predicted molar refractivity (Wildman–Crippen MR) is 70.5 cm³/mol. The molecule has 1 saturated heterocycles. The SMILES string of the molecule is CC(C)Oc1cncc(OCC2CNCC(C)O2)n1. The number of ether oxygens (including phenoxy) is 3. The van der Waals surface area contributed by atoms with Crippen LogP contribution in [0.15, 0.2) is 12.4 Å². The second-order valence-electron chi connectivity index (χ2n) is 4.90. The van der Waals surface area contributed by atoms with Crippen molar-refractivity contribution in [3.63, 3.8) is 0 Å². The highest BCUT2D eigenvalue weighted by Gasteiger charge is 2.19. The zero-order chi connectivity index (χ0) is 13.7. The molecule has 106 valence electrons. The summed E-state index contributed by atoms with van der Waals surface area (Å²) in [5.74, 6) is 0.934. The van der Waals surface area contributed by atoms with Crippen LogP contribution in [0.5, 0.6) is 11.8 Å². The van der Waals surface area contributed by atoms with Crippen LogP contribution in [-0.2, 0) is 4.74 Å². The average Bonchev–Trinajstić information content (AvgIpc) is 2.36. The summed E-state index contributed by atoms with van der Waals surface area (Å²) in [7, 11) is 0. The van der Waals surface area contributed by atoms with Gasteiger partial charge in [0.1, 0.15) is 12.7 Å². The van der Waals surface area contributed by atoms with Crippen LogP contribution in [-0.4, -0.2) is 48.0 Å². The Hall–Kier alpha value is -1.40. The summed E-state index contributed by atoms with van der Waals surface area (Å²) in [4.78, 5) is 8.28. The van der Waals surface area contributed by atoms with Crippen LogP contribution < -0.4 is 14.8 Å². The molecule has 0 saturated carbocycles. The lowest BCUT2D eigenvalue weighted by Gasteiger charge is -2.28. The lowest BCUT2D eigenvalue weighted by Crippen LogP contribution is -2.45. The van der Waals surface area contributed by atoms with Crippen LogP contribution in [0.1, 0.15) is 20.8 Å². The first-order chi connectivity index (χ1) is 9.13. The predicted octanol–water partition coefficient (Wildman–Crippen LogP) is 1.02. The molecule has 0 amide bonds. The molecule has 6 heteroatoms. The fraction of sp³-hybridized carbons (Fsp3) is 0.692. The summed E-state index contributed by atoms with van der Waals surface area (Å²) in [6.07, 6.45) is 3.47. The molecule has 2 atom stereocenters. The fourth-order valence-corrected chi connectivity index (χ4v) is 1.85. The van der Waals surface area contributed by atoms with E-state index < -0.39 is 0 Å². The van der Waals surface area contributed by atoms with Crippen molar-refractivity contribution in [2.75, 3.05) is 19.7 Å². The van der Waals surface area contributed by atoms with Crippen molar-refractivity contribution >= 4 is 0 Å². The van der Waals surface area contributed by atoms with Gasteiger partial charge >= 0.3 is 0 Å². The molecule has 0 spiro atoms. The second-order valence-corrected chi connectivity index (χ2v) is 4.90. The molecule has 1 aliphatic rings. The molecule has 2 unspecified atom stereocenters. The van der Waals surface area contributed by atoms with Gasteiger partial charge in [-0.1, -0.05) is 0 Å². The van der Waals surface area contributed by atoms with Gasteiger partial charge < -0.3 is 19.5 Å². The first-order valence-electron chi connectivity index (χ1n) is 6.61. The van der Waals surface area contributed by atoms with Crippen molar-refractivity contribution in [2.45, 2.75) is 39.1 Å². The van der Waals surface area contributed by atoms with Gasteiger partial charge in [-0.05, 0) is 20.8 Å². The number of rotatable bonds is 5. The van der Waals surface area contributed by atoms with E-state index in [9.17, 15) is 0 Å². The maximum atomic E-state index is 5.74. The first kappa shape index (κ1) is 14.0. The number of nitrogens with zero attached hydrogens (tertiary/aromatic N) is 2. The molecule has 0 radical (unpaired) electrons. The van der Waals surface area contributed by atoms with Crippen LogP contribution in [0.25, 0.3) is 0 Å². The Bertz CT molecular complexity index is 400. The molecule has 1 fully saturated rings. The summed E-state index contributed by atoms with van der Waals surface area (Å²) >= 11 is 0. The van der Waals surface area contributed by atoms with Crippen molar-refractivity contribution in [1.82, 2.24) is 15.3 Å². The highest BCUT2D eigenvalue weighted by Crippen LogP contribution is 2.13. The molecule has 19 heavy (non-hydrogen) atoms. The van der Waals surface area contributed by atoms with Gasteiger partial charge in [0.15, 0.2) is 0 Å². The number of hydrogen-bond acceptors (Lipinski definition) is 6. The summed E-state index contributed by atoms with van der Waals surface area (Å²) in [5, 5.41) is 3.29. The lowest BCUT2D eigenvalue weighted by atomic mass is 10.2. The van der Waals surface area contributed by atoms with Gasteiger partial charge in [0, 0.05) is 13.1 Å². The van der Waals surface area contributed by atoms with Gasteiger partial charge in [0.25, 0.3) is 0 Å². The number of morpholine rings is 1. The molecule has 0 aliphatic carbocycles. The zero-order valence-electron chi connectivity index (χ0n) is 11.6. The Morgan fingerprint density at radius 1 is 1.37 bits per heavy atom. The normalized spacial score (nSPS) is 23.4. The van der Waals surface area contributed by atoms with E-state index in [0.717, 1.165) is 13.1 Å². The second kappa shape index (κ2) is 6.68. The zero-order valence-corrected chi connectivity index (χ0v) is 11.6. The van der Waals surface area contributed by atoms with E-state index in [1.54, 1.807) is 12.4 Å². The maximum absolute atomic E-state index is 5.74. The third kappa shape index (κ3) is 4.65. The van der Waals surface area contributed by atoms with E-state index in [2.05, 4.69) is 15.3 Å². The summed E-state index contributed by atoms with van der Waals surface area (Å²) in [6, 6.07) is 0. The topological polar surface area (TPSA) is 65.5 Å². The van der Waals surface area contributed by atoms with Gasteiger partial charge in [0.2, 0.25) is 11.8 Å². The van der Waals surface area contributed by atoms with Crippen molar-refractivity contribution < 1.29 is 14.2 Å². The lowest BCUT2D eigenvalue weighted by molar-refractivity contribution is -0.0477. The molecule has 1 N–H and O–H groups in total. The van der Waals surface area contributed by atoms with Crippen molar-refractivity contribution in [1.29, 1.82) is 0 Å². The third-order valence-electron chi connectivity index (χ3n) is 2.59. The molecule has 2 heterocycles. The number of aromatic nitrogens is 2. The van der Waals surface area contributed by atoms with Crippen molar-refractivity contribution in [3.05, 3.63) is 12.4 Å². The van der Waals surface area contributed by atoms with Crippen LogP contribution in [0.4, 0.5) is 0 Å². The fourth-order valence-electron chi connectivity index (χ4n) is 1.85. The van der Waals surface area contributed by atoms with E-state index in [1.165, 1.54) is 0 Å². The Morgan fingerprint density at radius 3 is 2.89 bits per heavy atom. The smallest absolute Gasteiger partial charge is 0.235 e. The monoisotopic (exact) mass is 267 g/mol. The van der Waals surface area contributed by atoms with E-state index in [1.807, 2.05) is 20.8 Å². The number of hydrogen-bond donors (Lipinski definition) is 1. The summed E-state index contributed by atoms with van der Waals surface area (Å²) < 4.78 is 16.8. The Kier molecular flexibility index (Phi) is 4.93. The minimum absolute atomic E-state index is 0.0419. The van der Waals surface area contributed by atoms with Crippen molar-refractivity contribution in [2.24, 2.45) is 0 Å². The molecular formula is C13H21N3O3. The molecule has 6 nitrogen and oxygen atoms in total. The van der Waals surface area contributed by atoms with E-state index in [-0.39, 0.29) is 18.3 Å². The van der Waals surface area contributed by atoms with Gasteiger partial charge in [-0.2, -0.15) is 4.98 Å². The third-order valence-corrected chi connectivity index (χ3v) is 2.59. The van der Waals surface area contributed by atoms with Crippen LogP contribution in [0.3, 0.4) is 0 Å². The first-order valence-corrected chi connectivity index (χ1v) is 6.61. The largest absolute Gasteiger partial charge is 0.474 e. The molecular weight excluding hydrogens is 246 g/mol. The number of nitrogens with one attached hydrogen (secondary N) is 1. The van der Waals surface area contributed by atoms with E-state index in [0.29, 0.717) is 18.4 Å². The van der Waals surface area contributed by atoms with Gasteiger partial charge in [0.05, 0.1) is 24.6 Å². The minimum Gasteiger partial charge on any atom is -0.474 e. The Balaban J connectivity index is 1.85. The van der Waals surface area contributed by atoms with Crippen LogP contribution in [0, 0.1) is 0 Å². The summed E-state index contributed by atoms with van der Waals surface area (Å²) in [5.41, 5.74) is 0. The van der Waals surface area contributed by atoms with Gasteiger partial charge in [-0.3, -0.25) is 4.98 Å². The van der Waals surface area contributed by atoms with E-state index >= 15 is 0 Å². The molecule has 2 rings (SSSR count). The Labute approximate surface area is 113 Å². The maximum Gasteiger partial charge on any atom is 0.235 e. The molecule has 1 aliphatic heterocycles. The van der Waals surface area contributed by atoms with Crippen molar-refractivity contribution in [3.8, 4) is 11.8 Å². The van der Waals surface area contributed by atoms with Crippen LogP contribution >= 0.6 is 0 Å². The molecule has 0 bridgehead atoms. The Morgan fingerprint density at radius 2 is 2.16 bits per heavy atom. The van der Waals surface area contributed by atoms with Crippen LogP contribution in [0.2, 0.25) is 0 Å². The van der Waals surface area contributed by atoms with E-state index in [4.69, 9.17) is 14.2 Å². The highest BCUT2D eigenvalue weighted by molar-refractivity contribution is 5.12. The van der Waals surface area contributed by atoms with Gasteiger partial charge in [-0.15, -0.1) is 0 Å². The standard InChI is InChI=1S/C13H21N3O3/c1-9(2)18-13-7-15-6-12(16-13)17-8-11-5-14-4-10(3)19-11/h6-7,9-11,14H,4-5,8H2,1-3H3. The highest BCUT2D eigenvalue weighted by atomic mass is 16.5. The molecule has 1 aromatic rings. The average molecular weight is 267 g/mol. The van der Waals surface area contributed by atoms with Gasteiger partial charge in [-0.25, -0.2) is 0 Å². The quantitative estimate of drug-likeness (QED) is 0.859. The molecule has 1 aromatic heterocycles.